The van der Waals surface area contributed by atoms with Gasteiger partial charge in [-0.2, -0.15) is 0 Å². The van der Waals surface area contributed by atoms with Crippen molar-refractivity contribution < 1.29 is 9.53 Å². The smallest absolute Gasteiger partial charge is 0.307 e. The molecule has 0 unspecified atom stereocenters. The predicted octanol–water partition coefficient (Wildman–Crippen LogP) is 2.37. The van der Waals surface area contributed by atoms with E-state index in [4.69, 9.17) is 11.6 Å². The first-order valence-electron chi connectivity index (χ1n) is 2.66. The van der Waals surface area contributed by atoms with Gasteiger partial charge in [0.25, 0.3) is 0 Å². The molecule has 0 aromatic carbocycles. The molecule has 0 aromatic heterocycles. The van der Waals surface area contributed by atoms with E-state index in [2.05, 4.69) is 29.4 Å². The summed E-state index contributed by atoms with van der Waals surface area (Å²) < 4.78 is 4.17. The lowest BCUT2D eigenvalue weighted by atomic mass is 10.8. The van der Waals surface area contributed by atoms with Crippen LogP contribution in [0.3, 0.4) is 0 Å². The zero-order valence-electron chi connectivity index (χ0n) is 6.26. The van der Waals surface area contributed by atoms with Crippen LogP contribution in [0.5, 0.6) is 0 Å². The standard InChI is InChI=1S/C4H3Cl.C4H6O2/c1-2-3-4-5;1-3-6-4(2)5/h4H,1H2;3H,1H2,2H3. The molecule has 0 saturated heterocycles. The van der Waals surface area contributed by atoms with E-state index in [0.717, 1.165) is 6.26 Å². The lowest BCUT2D eigenvalue weighted by Gasteiger charge is -1.83. The highest BCUT2D eigenvalue weighted by molar-refractivity contribution is 6.25. The second-order valence-electron chi connectivity index (χ2n) is 1.21. The van der Waals surface area contributed by atoms with Crippen molar-refractivity contribution in [2.75, 3.05) is 0 Å². The number of carbonyl (C=O) groups excluding carboxylic acids is 1. The Hall–Kier alpha value is -1.20. The molecule has 0 aliphatic rings. The zero-order chi connectivity index (χ0) is 9.11. The Morgan fingerprint density at radius 3 is 2.27 bits per heavy atom. The van der Waals surface area contributed by atoms with Crippen LogP contribution in [-0.4, -0.2) is 5.97 Å². The van der Waals surface area contributed by atoms with Gasteiger partial charge in [-0.1, -0.05) is 29.6 Å². The Bertz CT molecular complexity index is 196. The minimum absolute atomic E-state index is 0.329. The summed E-state index contributed by atoms with van der Waals surface area (Å²) in [6, 6.07) is 0. The molecule has 11 heavy (non-hydrogen) atoms. The molecule has 0 fully saturated rings. The maximum atomic E-state index is 9.75. The third kappa shape index (κ3) is 28.2. The lowest BCUT2D eigenvalue weighted by molar-refractivity contribution is -0.135. The largest absolute Gasteiger partial charge is 0.435 e. The van der Waals surface area contributed by atoms with Gasteiger partial charge in [-0.3, -0.25) is 4.79 Å². The SMILES string of the molecule is C=C=C=CCl.C=COC(C)=O. The summed E-state index contributed by atoms with van der Waals surface area (Å²) in [4.78, 5) is 9.75. The fourth-order valence-electron chi connectivity index (χ4n) is 0.156. The first-order chi connectivity index (χ1) is 5.18. The zero-order valence-corrected chi connectivity index (χ0v) is 7.02. The molecular weight excluding hydrogens is 164 g/mol. The number of halogens is 1. The second kappa shape index (κ2) is 11.6. The van der Waals surface area contributed by atoms with Gasteiger partial charge >= 0.3 is 5.97 Å². The molecule has 0 bridgehead atoms. The van der Waals surface area contributed by atoms with Crippen LogP contribution in [0.1, 0.15) is 6.92 Å². The Morgan fingerprint density at radius 2 is 2.27 bits per heavy atom. The van der Waals surface area contributed by atoms with Crippen LogP contribution in [0.4, 0.5) is 0 Å². The van der Waals surface area contributed by atoms with Crippen molar-refractivity contribution in [2.45, 2.75) is 6.92 Å². The summed E-state index contributed by atoms with van der Waals surface area (Å²) in [5.74, 6) is -0.329. The summed E-state index contributed by atoms with van der Waals surface area (Å²) in [7, 11) is 0. The first-order valence-corrected chi connectivity index (χ1v) is 3.10. The number of hydrogen-bond donors (Lipinski definition) is 0. The van der Waals surface area contributed by atoms with Gasteiger partial charge in [0.2, 0.25) is 0 Å². The Balaban J connectivity index is 0. The molecule has 0 aromatic rings. The van der Waals surface area contributed by atoms with Crippen molar-refractivity contribution in [1.29, 1.82) is 0 Å². The molecule has 0 aliphatic heterocycles. The van der Waals surface area contributed by atoms with Gasteiger partial charge in [-0.05, 0) is 6.58 Å². The van der Waals surface area contributed by atoms with Crippen molar-refractivity contribution in [1.82, 2.24) is 0 Å². The summed E-state index contributed by atoms with van der Waals surface area (Å²) in [5, 5.41) is 0. The maximum absolute atomic E-state index is 9.75. The highest BCUT2D eigenvalue weighted by Gasteiger charge is 1.79. The van der Waals surface area contributed by atoms with Crippen LogP contribution in [0, 0.1) is 0 Å². The lowest BCUT2D eigenvalue weighted by Crippen LogP contribution is -1.87. The monoisotopic (exact) mass is 172 g/mol. The minimum Gasteiger partial charge on any atom is -0.435 e. The molecule has 0 amide bonds. The average molecular weight is 173 g/mol. The van der Waals surface area contributed by atoms with E-state index >= 15 is 0 Å². The highest BCUT2D eigenvalue weighted by atomic mass is 35.5. The molecule has 0 rings (SSSR count). The summed E-state index contributed by atoms with van der Waals surface area (Å²) >= 11 is 4.96. The fourth-order valence-corrected chi connectivity index (χ4v) is 0.233. The molecule has 0 saturated carbocycles. The molecule has 0 aliphatic carbocycles. The fraction of sp³-hybridized carbons (Fsp3) is 0.125. The van der Waals surface area contributed by atoms with E-state index in [1.54, 1.807) is 0 Å². The third-order valence-corrected chi connectivity index (χ3v) is 0.515. The van der Waals surface area contributed by atoms with Gasteiger partial charge in [0.05, 0.1) is 11.8 Å². The number of hydrogen-bond acceptors (Lipinski definition) is 2. The van der Waals surface area contributed by atoms with Crippen molar-refractivity contribution in [3.63, 3.8) is 0 Å². The minimum atomic E-state index is -0.329. The molecule has 0 spiro atoms. The van der Waals surface area contributed by atoms with E-state index < -0.39 is 0 Å². The van der Waals surface area contributed by atoms with Crippen molar-refractivity contribution in [2.24, 2.45) is 0 Å². The number of esters is 1. The van der Waals surface area contributed by atoms with Crippen LogP contribution in [0.2, 0.25) is 0 Å². The van der Waals surface area contributed by atoms with Gasteiger partial charge in [-0.25, -0.2) is 0 Å². The second-order valence-corrected chi connectivity index (χ2v) is 1.42. The van der Waals surface area contributed by atoms with E-state index in [9.17, 15) is 4.79 Å². The van der Waals surface area contributed by atoms with Crippen LogP contribution in [0.15, 0.2) is 36.4 Å². The molecule has 0 N–H and O–H groups in total. The van der Waals surface area contributed by atoms with Gasteiger partial charge in [0.1, 0.15) is 0 Å². The molecular formula is C8H9ClO2. The van der Waals surface area contributed by atoms with Gasteiger partial charge < -0.3 is 4.74 Å². The third-order valence-electron chi connectivity index (χ3n) is 0.406. The van der Waals surface area contributed by atoms with Crippen molar-refractivity contribution in [3.05, 3.63) is 36.4 Å². The van der Waals surface area contributed by atoms with Crippen LogP contribution < -0.4 is 0 Å². The summed E-state index contributed by atoms with van der Waals surface area (Å²) in [5.41, 5.74) is 5.95. The van der Waals surface area contributed by atoms with Crippen LogP contribution in [0.25, 0.3) is 0 Å². The number of ether oxygens (including phenoxy) is 1. The van der Waals surface area contributed by atoms with Crippen LogP contribution in [-0.2, 0) is 9.53 Å². The van der Waals surface area contributed by atoms with Crippen molar-refractivity contribution in [3.8, 4) is 0 Å². The average Bonchev–Trinajstić information content (AvgIpc) is 1.90. The van der Waals surface area contributed by atoms with Crippen molar-refractivity contribution >= 4 is 17.6 Å². The van der Waals surface area contributed by atoms with E-state index in [1.165, 1.54) is 12.5 Å². The number of rotatable bonds is 1. The first kappa shape index (κ1) is 12.5. The van der Waals surface area contributed by atoms with Gasteiger partial charge in [0.15, 0.2) is 0 Å². The Labute approximate surface area is 71.1 Å². The summed E-state index contributed by atoms with van der Waals surface area (Å²) in [6.07, 6.45) is 1.10. The predicted molar refractivity (Wildman–Crippen MR) is 45.0 cm³/mol. The molecule has 3 heteroatoms. The Morgan fingerprint density at radius 1 is 1.73 bits per heavy atom. The molecule has 2 nitrogen and oxygen atoms in total. The number of carbonyl (C=O) groups is 1. The Kier molecular flexibility index (Phi) is 13.1. The topological polar surface area (TPSA) is 26.3 Å². The van der Waals surface area contributed by atoms with Gasteiger partial charge in [-0.15, -0.1) is 0 Å². The van der Waals surface area contributed by atoms with E-state index in [0.29, 0.717) is 0 Å². The van der Waals surface area contributed by atoms with E-state index in [-0.39, 0.29) is 5.97 Å². The van der Waals surface area contributed by atoms with Gasteiger partial charge in [0, 0.05) is 6.92 Å². The molecule has 0 atom stereocenters. The normalized spacial score (nSPS) is 5.64. The highest BCUT2D eigenvalue weighted by Crippen LogP contribution is 1.70. The molecule has 60 valence electrons. The van der Waals surface area contributed by atoms with E-state index in [1.807, 2.05) is 0 Å². The molecule has 0 heterocycles. The quantitative estimate of drug-likeness (QED) is 0.345. The van der Waals surface area contributed by atoms with Crippen LogP contribution >= 0.6 is 11.6 Å². The summed E-state index contributed by atoms with van der Waals surface area (Å²) in [6.45, 7) is 7.68. The molecule has 0 radical (unpaired) electrons. The maximum Gasteiger partial charge on any atom is 0.307 e.